The molecule has 0 heterocycles. The third-order valence-electron chi connectivity index (χ3n) is 1.30. The molecule has 0 aromatic rings. The highest BCUT2D eigenvalue weighted by Crippen LogP contribution is 1.80. The largest absolute Gasteiger partial charge is 0.357 e. The molecule has 0 aliphatic rings. The third-order valence-corrected chi connectivity index (χ3v) is 1.81. The van der Waals surface area contributed by atoms with Crippen LogP contribution in [0.5, 0.6) is 0 Å². The number of nitrogens with one attached hydrogen (secondary N) is 2. The number of alkyl halides is 1. The van der Waals surface area contributed by atoms with E-state index in [1.807, 2.05) is 0 Å². The molecule has 0 aliphatic carbocycles. The maximum absolute atomic E-state index is 10.7. The van der Waals surface area contributed by atoms with Crippen LogP contribution in [0.1, 0.15) is 6.42 Å². The minimum absolute atomic E-state index is 0.00770. The maximum Gasteiger partial charge on any atom is 0.230 e. The molecular weight excluding hydrogens is 235 g/mol. The van der Waals surface area contributed by atoms with Gasteiger partial charge in [-0.2, -0.15) is 0 Å². The highest BCUT2D eigenvalue weighted by molar-refractivity contribution is 9.09. The first kappa shape index (κ1) is 12.5. The molecule has 2 amide bonds. The highest BCUT2D eigenvalue weighted by atomic mass is 79.9. The van der Waals surface area contributed by atoms with Crippen molar-refractivity contribution in [1.82, 2.24) is 10.6 Å². The van der Waals surface area contributed by atoms with Crippen LogP contribution in [-0.4, -0.2) is 38.1 Å². The van der Waals surface area contributed by atoms with Gasteiger partial charge in [0.05, 0.1) is 13.2 Å². The zero-order valence-corrected chi connectivity index (χ0v) is 8.89. The van der Waals surface area contributed by atoms with Gasteiger partial charge in [-0.25, -0.2) is 0 Å². The van der Waals surface area contributed by atoms with Crippen molar-refractivity contribution in [3.8, 4) is 0 Å². The molecule has 0 aliphatic heterocycles. The fourth-order valence-corrected chi connectivity index (χ4v) is 0.862. The lowest BCUT2D eigenvalue weighted by Crippen LogP contribution is -2.30. The van der Waals surface area contributed by atoms with Gasteiger partial charge in [0, 0.05) is 13.1 Å². The molecule has 0 aromatic heterocycles. The minimum Gasteiger partial charge on any atom is -0.357 e. The van der Waals surface area contributed by atoms with Crippen LogP contribution in [0.2, 0.25) is 6.32 Å². The quantitative estimate of drug-likeness (QED) is 0.381. The zero-order valence-electron chi connectivity index (χ0n) is 7.31. The Morgan fingerprint density at radius 1 is 1.15 bits per heavy atom. The Hall–Kier alpha value is -0.515. The van der Waals surface area contributed by atoms with Crippen molar-refractivity contribution < 1.29 is 9.59 Å². The van der Waals surface area contributed by atoms with E-state index in [4.69, 9.17) is 7.85 Å². The lowest BCUT2D eigenvalue weighted by molar-refractivity contribution is -0.119. The van der Waals surface area contributed by atoms with Crippen molar-refractivity contribution in [2.24, 2.45) is 0 Å². The molecule has 0 unspecified atom stereocenters. The molecule has 4 nitrogen and oxygen atoms in total. The van der Waals surface area contributed by atoms with E-state index >= 15 is 0 Å². The monoisotopic (exact) mass is 246 g/mol. The van der Waals surface area contributed by atoms with Crippen LogP contribution in [0, 0.1) is 0 Å². The summed E-state index contributed by atoms with van der Waals surface area (Å²) in [4.78, 5) is 21.3. The molecule has 72 valence electrons. The van der Waals surface area contributed by atoms with Crippen molar-refractivity contribution in [2.45, 2.75) is 12.7 Å². The molecule has 0 atom stereocenters. The standard InChI is InChI=1S/C7H12BBrN2O2/c8-4-6(12)10-2-1-3-11-7(13)5-9/h1-5H2,(H,10,12)(H,11,13). The van der Waals surface area contributed by atoms with Crippen LogP contribution in [-0.2, 0) is 9.59 Å². The van der Waals surface area contributed by atoms with Gasteiger partial charge in [0.25, 0.3) is 0 Å². The average molecular weight is 247 g/mol. The summed E-state index contributed by atoms with van der Waals surface area (Å²) in [7, 11) is 5.07. The second-order valence-electron chi connectivity index (χ2n) is 2.39. The lowest BCUT2D eigenvalue weighted by Gasteiger charge is -2.04. The van der Waals surface area contributed by atoms with Crippen molar-refractivity contribution in [1.29, 1.82) is 0 Å². The van der Waals surface area contributed by atoms with Gasteiger partial charge >= 0.3 is 0 Å². The number of carbonyl (C=O) groups is 2. The van der Waals surface area contributed by atoms with Crippen molar-refractivity contribution in [3.63, 3.8) is 0 Å². The van der Waals surface area contributed by atoms with E-state index in [0.29, 0.717) is 24.8 Å². The number of halogens is 1. The summed E-state index contributed by atoms with van der Waals surface area (Å²) >= 11 is 3.02. The Kier molecular flexibility index (Phi) is 7.78. The van der Waals surface area contributed by atoms with E-state index in [9.17, 15) is 9.59 Å². The van der Waals surface area contributed by atoms with Crippen molar-refractivity contribution >= 4 is 35.6 Å². The number of rotatable bonds is 6. The maximum atomic E-state index is 10.7. The summed E-state index contributed by atoms with van der Waals surface area (Å²) in [5, 5.41) is 5.56. The van der Waals surface area contributed by atoms with Crippen LogP contribution in [0.15, 0.2) is 0 Å². The summed E-state index contributed by atoms with van der Waals surface area (Å²) < 4.78 is 0. The highest BCUT2D eigenvalue weighted by Gasteiger charge is 1.97. The Morgan fingerprint density at radius 2 is 1.69 bits per heavy atom. The third kappa shape index (κ3) is 7.83. The Balaban J connectivity index is 3.17. The predicted molar refractivity (Wildman–Crippen MR) is 55.0 cm³/mol. The number of hydrogen-bond donors (Lipinski definition) is 2. The fourth-order valence-electron chi connectivity index (χ4n) is 0.663. The minimum atomic E-state index is -0.174. The van der Waals surface area contributed by atoms with Crippen LogP contribution in [0.25, 0.3) is 0 Å². The second kappa shape index (κ2) is 8.10. The summed E-state index contributed by atoms with van der Waals surface area (Å²) in [5.41, 5.74) is 0. The Labute approximate surface area is 87.4 Å². The van der Waals surface area contributed by atoms with E-state index < -0.39 is 0 Å². The summed E-state index contributed by atoms with van der Waals surface area (Å²) in [6.45, 7) is 1.11. The molecule has 2 N–H and O–H groups in total. The zero-order chi connectivity index (χ0) is 10.1. The second-order valence-corrected chi connectivity index (χ2v) is 2.95. The topological polar surface area (TPSA) is 58.2 Å². The van der Waals surface area contributed by atoms with Crippen LogP contribution < -0.4 is 10.6 Å². The lowest BCUT2D eigenvalue weighted by atomic mass is 10.1. The molecular formula is C7H12BBrN2O2. The van der Waals surface area contributed by atoms with Gasteiger partial charge in [0.1, 0.15) is 0 Å². The van der Waals surface area contributed by atoms with Gasteiger partial charge in [-0.3, -0.25) is 9.59 Å². The predicted octanol–water partition coefficient (Wildman–Crippen LogP) is -0.409. The van der Waals surface area contributed by atoms with Gasteiger partial charge in [-0.15, -0.1) is 0 Å². The molecule has 2 radical (unpaired) electrons. The summed E-state index contributed by atoms with van der Waals surface area (Å²) in [5.74, 6) is -0.225. The first-order valence-electron chi connectivity index (χ1n) is 4.00. The molecule has 13 heavy (non-hydrogen) atoms. The van der Waals surface area contributed by atoms with Gasteiger partial charge in [0.2, 0.25) is 11.8 Å². The number of carbonyl (C=O) groups excluding carboxylic acids is 2. The van der Waals surface area contributed by atoms with Crippen LogP contribution >= 0.6 is 15.9 Å². The smallest absolute Gasteiger partial charge is 0.230 e. The van der Waals surface area contributed by atoms with Gasteiger partial charge < -0.3 is 10.6 Å². The summed E-state index contributed by atoms with van der Waals surface area (Å²) in [6.07, 6.45) is 0.720. The van der Waals surface area contributed by atoms with Gasteiger partial charge in [-0.1, -0.05) is 15.9 Å². The SMILES string of the molecule is [B]CC(=O)NCCCNC(=O)CBr. The molecule has 0 fully saturated rings. The molecule has 0 aromatic carbocycles. The summed E-state index contributed by atoms with van der Waals surface area (Å²) in [6, 6.07) is 0. The van der Waals surface area contributed by atoms with Crippen LogP contribution in [0.4, 0.5) is 0 Å². The normalized spacial score (nSPS) is 9.31. The van der Waals surface area contributed by atoms with Crippen molar-refractivity contribution in [3.05, 3.63) is 0 Å². The first-order valence-corrected chi connectivity index (χ1v) is 5.12. The molecule has 0 bridgehead atoms. The number of hydrogen-bond acceptors (Lipinski definition) is 2. The van der Waals surface area contributed by atoms with E-state index in [1.54, 1.807) is 0 Å². The van der Waals surface area contributed by atoms with E-state index in [0.717, 1.165) is 0 Å². The number of amides is 2. The molecule has 0 rings (SSSR count). The van der Waals surface area contributed by atoms with Crippen molar-refractivity contribution in [2.75, 3.05) is 18.4 Å². The Morgan fingerprint density at radius 3 is 2.15 bits per heavy atom. The fraction of sp³-hybridized carbons (Fsp3) is 0.714. The van der Waals surface area contributed by atoms with E-state index in [1.165, 1.54) is 0 Å². The molecule has 0 saturated carbocycles. The average Bonchev–Trinajstić information content (AvgIpc) is 2.16. The van der Waals surface area contributed by atoms with Gasteiger partial charge in [-0.05, 0) is 12.7 Å². The van der Waals surface area contributed by atoms with E-state index in [2.05, 4.69) is 26.6 Å². The van der Waals surface area contributed by atoms with Gasteiger partial charge in [0.15, 0.2) is 0 Å². The first-order chi connectivity index (χ1) is 6.20. The Bertz CT molecular complexity index is 160. The molecule has 0 spiro atoms. The van der Waals surface area contributed by atoms with E-state index in [-0.39, 0.29) is 18.1 Å². The molecule has 0 saturated heterocycles. The van der Waals surface area contributed by atoms with Crippen LogP contribution in [0.3, 0.4) is 0 Å². The molecule has 6 heteroatoms.